The van der Waals surface area contributed by atoms with Gasteiger partial charge in [0.2, 0.25) is 0 Å². The van der Waals surface area contributed by atoms with Crippen LogP contribution in [0.3, 0.4) is 0 Å². The molecule has 0 saturated heterocycles. The molecular formula is C21H24Cl3N2O8V-3. The molecule has 0 atom stereocenters. The Bertz CT molecular complexity index is 786. The summed E-state index contributed by atoms with van der Waals surface area (Å²) in [7, 11) is -4.94. The van der Waals surface area contributed by atoms with Crippen molar-refractivity contribution >= 4 is 34.8 Å². The number of hydrogen-bond donors (Lipinski definition) is 0. The van der Waals surface area contributed by atoms with Crippen molar-refractivity contribution in [2.75, 3.05) is 5.34 Å². The molecule has 0 aliphatic rings. The number of carbonyl (C=O) groups excluding carboxylic acids is 2. The number of halogens is 3. The normalized spacial score (nSPS) is 10.1. The zero-order valence-corrected chi connectivity index (χ0v) is 22.9. The number of carbonyl (C=O) groups is 2. The molecule has 0 aromatic carbocycles. The minimum Gasteiger partial charge on any atom is -0.876 e. The van der Waals surface area contributed by atoms with Crippen LogP contribution >= 0.6 is 23.2 Å². The maximum atomic E-state index is 9.98. The van der Waals surface area contributed by atoms with Crippen LogP contribution in [0, 0.1) is 10.2 Å². The van der Waals surface area contributed by atoms with Crippen molar-refractivity contribution in [3.8, 4) is 11.4 Å². The maximum Gasteiger partial charge on any atom is 0.151 e. The second-order valence-electron chi connectivity index (χ2n) is 5.64. The number of nitrogens with zero attached hydrogens (tertiary/aromatic N) is 2. The van der Waals surface area contributed by atoms with Gasteiger partial charge in [0.15, 0.2) is 11.6 Å². The predicted molar refractivity (Wildman–Crippen MR) is 113 cm³/mol. The molecule has 195 valence electrons. The first-order valence-corrected chi connectivity index (χ1v) is 11.2. The van der Waals surface area contributed by atoms with Gasteiger partial charge >= 0.3 is 0 Å². The Morgan fingerprint density at radius 1 is 0.771 bits per heavy atom. The first-order valence-electron chi connectivity index (χ1n) is 8.91. The van der Waals surface area contributed by atoms with Crippen molar-refractivity contribution in [1.29, 1.82) is 0 Å². The van der Waals surface area contributed by atoms with E-state index >= 15 is 0 Å². The Hall–Kier alpha value is -1.99. The number of aromatic nitrogens is 2. The van der Waals surface area contributed by atoms with Crippen molar-refractivity contribution in [3.05, 3.63) is 72.5 Å². The quantitative estimate of drug-likeness (QED) is 0.230. The van der Waals surface area contributed by atoms with Gasteiger partial charge in [-0.25, -0.2) is 18.6 Å². The molecule has 0 spiro atoms. The van der Waals surface area contributed by atoms with E-state index < -0.39 is 10.2 Å². The van der Waals surface area contributed by atoms with Crippen LogP contribution in [0.4, 0.5) is 0 Å². The molecule has 2 rings (SSSR count). The van der Waals surface area contributed by atoms with Crippen LogP contribution in [0.2, 0.25) is 0 Å². The topological polar surface area (TPSA) is 198 Å². The first-order chi connectivity index (χ1) is 15.6. The van der Waals surface area contributed by atoms with Gasteiger partial charge in [-0.05, 0) is 50.3 Å². The van der Waals surface area contributed by atoms with Gasteiger partial charge in [-0.2, -0.15) is 0 Å². The molecule has 0 aliphatic carbocycles. The van der Waals surface area contributed by atoms with E-state index in [0.717, 1.165) is 23.5 Å². The number of ketones is 2. The average molecular weight is 590 g/mol. The SMILES string of the molecule is CC(=O)/C=C(/C)[O-].CC(=O)/C=C(/C)[O-].ClCCl.[O-][Cl+3]([O-])([O-])[O-].[V].c1ccc(-c2ccccn2)nc1. The fraction of sp³-hybridized carbons (Fsp3) is 0.238. The van der Waals surface area contributed by atoms with Crippen molar-refractivity contribution in [2.24, 2.45) is 0 Å². The molecule has 10 nitrogen and oxygen atoms in total. The third-order valence-electron chi connectivity index (χ3n) is 2.41. The molecule has 35 heavy (non-hydrogen) atoms. The van der Waals surface area contributed by atoms with Crippen LogP contribution < -0.4 is 28.8 Å². The van der Waals surface area contributed by atoms with E-state index in [1.54, 1.807) is 12.4 Å². The van der Waals surface area contributed by atoms with Crippen LogP contribution in [-0.2, 0) is 28.1 Å². The van der Waals surface area contributed by atoms with E-state index in [9.17, 15) is 19.8 Å². The molecule has 2 aromatic heterocycles. The largest absolute Gasteiger partial charge is 0.876 e. The Morgan fingerprint density at radius 2 is 1.03 bits per heavy atom. The minimum atomic E-state index is -4.94. The van der Waals surface area contributed by atoms with Gasteiger partial charge in [0.25, 0.3) is 0 Å². The summed E-state index contributed by atoms with van der Waals surface area (Å²) < 4.78 is 34.0. The van der Waals surface area contributed by atoms with E-state index in [1.807, 2.05) is 36.4 Å². The summed E-state index contributed by atoms with van der Waals surface area (Å²) in [6.45, 7) is 5.39. The Balaban J connectivity index is -0.000000184. The molecule has 0 amide bonds. The Kier molecular flexibility index (Phi) is 28.8. The van der Waals surface area contributed by atoms with E-state index in [0.29, 0.717) is 0 Å². The second-order valence-corrected chi connectivity index (χ2v) is 7.20. The smallest absolute Gasteiger partial charge is 0.151 e. The van der Waals surface area contributed by atoms with E-state index in [1.165, 1.54) is 27.7 Å². The zero-order chi connectivity index (χ0) is 27.2. The van der Waals surface area contributed by atoms with Gasteiger partial charge in [0.05, 0.1) is 16.7 Å². The van der Waals surface area contributed by atoms with Gasteiger partial charge in [0.1, 0.15) is 0 Å². The van der Waals surface area contributed by atoms with Crippen molar-refractivity contribution < 1.29 is 67.2 Å². The van der Waals surface area contributed by atoms with Gasteiger partial charge < -0.3 is 10.2 Å². The van der Waals surface area contributed by atoms with E-state index in [4.69, 9.17) is 41.8 Å². The van der Waals surface area contributed by atoms with Crippen molar-refractivity contribution in [2.45, 2.75) is 27.7 Å². The zero-order valence-electron chi connectivity index (χ0n) is 19.2. The van der Waals surface area contributed by atoms with E-state index in [-0.39, 0.29) is 47.0 Å². The summed E-state index contributed by atoms with van der Waals surface area (Å²) >= 11 is 9.53. The number of allylic oxidation sites excluding steroid dienone is 4. The average Bonchev–Trinajstić information content (AvgIpc) is 2.67. The number of pyridine rings is 2. The fourth-order valence-corrected chi connectivity index (χ4v) is 1.60. The molecule has 0 N–H and O–H groups in total. The monoisotopic (exact) mass is 588 g/mol. The molecule has 2 heterocycles. The van der Waals surface area contributed by atoms with Crippen LogP contribution in [0.15, 0.2) is 72.5 Å². The van der Waals surface area contributed by atoms with Crippen molar-refractivity contribution in [1.82, 2.24) is 9.97 Å². The fourth-order valence-electron chi connectivity index (χ4n) is 1.60. The predicted octanol–water partition coefficient (Wildman–Crippen LogP) is -1.51. The number of hydrogen-bond acceptors (Lipinski definition) is 10. The first kappa shape index (κ1) is 40.2. The Labute approximate surface area is 228 Å². The number of alkyl halides is 2. The molecule has 2 aromatic rings. The van der Waals surface area contributed by atoms with Crippen LogP contribution in [0.25, 0.3) is 11.4 Å². The van der Waals surface area contributed by atoms with Crippen LogP contribution in [0.5, 0.6) is 0 Å². The summed E-state index contributed by atoms with van der Waals surface area (Å²) in [5, 5.41) is 20.2. The molecule has 14 heteroatoms. The van der Waals surface area contributed by atoms with Gasteiger partial charge in [0, 0.05) is 30.9 Å². The molecule has 0 aliphatic heterocycles. The van der Waals surface area contributed by atoms with Crippen LogP contribution in [0.1, 0.15) is 27.7 Å². The summed E-state index contributed by atoms with van der Waals surface area (Å²) in [5.74, 6) is -0.750. The molecule has 0 saturated carbocycles. The van der Waals surface area contributed by atoms with Gasteiger partial charge in [-0.3, -0.25) is 19.6 Å². The summed E-state index contributed by atoms with van der Waals surface area (Å²) in [6, 6.07) is 11.6. The van der Waals surface area contributed by atoms with Crippen molar-refractivity contribution in [3.63, 3.8) is 0 Å². The molecular weight excluding hydrogens is 566 g/mol. The summed E-state index contributed by atoms with van der Waals surface area (Å²) in [4.78, 5) is 28.3. The Morgan fingerprint density at radius 3 is 1.14 bits per heavy atom. The van der Waals surface area contributed by atoms with Gasteiger partial charge in [-0.15, -0.1) is 45.0 Å². The minimum absolute atomic E-state index is 0. The third kappa shape index (κ3) is 42.6. The molecule has 0 bridgehead atoms. The van der Waals surface area contributed by atoms with E-state index in [2.05, 4.69) is 9.97 Å². The third-order valence-corrected chi connectivity index (χ3v) is 2.41. The molecule has 0 unspecified atom stereocenters. The summed E-state index contributed by atoms with van der Waals surface area (Å²) in [6.07, 6.45) is 5.65. The standard InChI is InChI=1S/C10H8N2.2C5H8O2.CH2Cl2.ClHO4.V/c1-3-7-11-9(5-1)10-6-2-4-8-12-10;2*1-4(6)3-5(2)7;2-1-3;2-1(3,4)5;/h1-8H;2*3,6H,1-2H3;1H2;(H,2,3,4,5);/p-3/b;2*4-3-;;;. The summed E-state index contributed by atoms with van der Waals surface area (Å²) in [5.41, 5.74) is 1.83. The van der Waals surface area contributed by atoms with Gasteiger partial charge in [-0.1, -0.05) is 26.0 Å². The van der Waals surface area contributed by atoms with Crippen LogP contribution in [-0.4, -0.2) is 26.9 Å². The maximum absolute atomic E-state index is 9.98. The molecule has 0 fully saturated rings. The second kappa shape index (κ2) is 25.1. The molecule has 1 radical (unpaired) electrons. The number of rotatable bonds is 3.